The molecular formula is C13H12N2O2. The Kier molecular flexibility index (Phi) is 2.40. The van der Waals surface area contributed by atoms with Crippen LogP contribution in [0.5, 0.6) is 0 Å². The molecule has 4 heteroatoms. The summed E-state index contributed by atoms with van der Waals surface area (Å²) in [4.78, 5) is 13.9. The second-order valence-electron chi connectivity index (χ2n) is 4.09. The summed E-state index contributed by atoms with van der Waals surface area (Å²) in [6.45, 7) is 0.760. The first-order chi connectivity index (χ1) is 8.34. The van der Waals surface area contributed by atoms with Crippen molar-refractivity contribution in [3.05, 3.63) is 47.9 Å². The minimum absolute atomic E-state index is 0.0730. The first kappa shape index (κ1) is 10.1. The Morgan fingerprint density at radius 3 is 3.06 bits per heavy atom. The Labute approximate surface area is 98.8 Å². The van der Waals surface area contributed by atoms with E-state index in [-0.39, 0.29) is 5.91 Å². The molecule has 0 fully saturated rings. The van der Waals surface area contributed by atoms with E-state index in [0.717, 1.165) is 18.7 Å². The fourth-order valence-corrected chi connectivity index (χ4v) is 2.18. The SMILES string of the molecule is O=C(Cc1ccon1)N1CCc2ccccc21. The highest BCUT2D eigenvalue weighted by atomic mass is 16.5. The minimum atomic E-state index is 0.0730. The predicted octanol–water partition coefficient (Wildman–Crippen LogP) is 1.81. The highest BCUT2D eigenvalue weighted by Gasteiger charge is 2.24. The fourth-order valence-electron chi connectivity index (χ4n) is 2.18. The van der Waals surface area contributed by atoms with E-state index in [9.17, 15) is 4.79 Å². The van der Waals surface area contributed by atoms with Gasteiger partial charge in [-0.2, -0.15) is 0 Å². The summed E-state index contributed by atoms with van der Waals surface area (Å²) < 4.78 is 4.73. The van der Waals surface area contributed by atoms with Crippen LogP contribution in [0, 0.1) is 0 Å². The van der Waals surface area contributed by atoms with E-state index in [4.69, 9.17) is 4.52 Å². The molecule has 0 atom stereocenters. The molecule has 1 aliphatic heterocycles. The van der Waals surface area contributed by atoms with Crippen LogP contribution in [0.1, 0.15) is 11.3 Å². The highest BCUT2D eigenvalue weighted by molar-refractivity contribution is 5.96. The van der Waals surface area contributed by atoms with E-state index in [2.05, 4.69) is 11.2 Å². The Morgan fingerprint density at radius 1 is 1.35 bits per heavy atom. The van der Waals surface area contributed by atoms with Gasteiger partial charge in [-0.05, 0) is 18.1 Å². The van der Waals surface area contributed by atoms with Crippen LogP contribution in [-0.2, 0) is 17.6 Å². The number of anilines is 1. The molecule has 2 heterocycles. The van der Waals surface area contributed by atoms with Gasteiger partial charge in [0.05, 0.1) is 12.1 Å². The minimum Gasteiger partial charge on any atom is -0.364 e. The van der Waals surface area contributed by atoms with Crippen molar-refractivity contribution in [3.8, 4) is 0 Å². The van der Waals surface area contributed by atoms with E-state index in [1.165, 1.54) is 11.8 Å². The molecule has 0 spiro atoms. The van der Waals surface area contributed by atoms with Gasteiger partial charge in [-0.15, -0.1) is 0 Å². The molecule has 0 radical (unpaired) electrons. The van der Waals surface area contributed by atoms with Gasteiger partial charge in [-0.25, -0.2) is 0 Å². The average molecular weight is 228 g/mol. The van der Waals surface area contributed by atoms with Gasteiger partial charge in [-0.1, -0.05) is 23.4 Å². The van der Waals surface area contributed by atoms with Gasteiger partial charge in [-0.3, -0.25) is 4.79 Å². The number of amides is 1. The lowest BCUT2D eigenvalue weighted by Crippen LogP contribution is -2.30. The van der Waals surface area contributed by atoms with Crippen LogP contribution in [0.15, 0.2) is 41.1 Å². The quantitative estimate of drug-likeness (QED) is 0.787. The van der Waals surface area contributed by atoms with Crippen LogP contribution in [0.2, 0.25) is 0 Å². The van der Waals surface area contributed by atoms with Crippen molar-refractivity contribution in [1.82, 2.24) is 5.16 Å². The summed E-state index contributed by atoms with van der Waals surface area (Å²) in [6.07, 6.45) is 2.71. The maximum atomic E-state index is 12.1. The van der Waals surface area contributed by atoms with Gasteiger partial charge >= 0.3 is 0 Å². The Morgan fingerprint density at radius 2 is 2.24 bits per heavy atom. The van der Waals surface area contributed by atoms with Crippen molar-refractivity contribution in [2.45, 2.75) is 12.8 Å². The number of benzene rings is 1. The monoisotopic (exact) mass is 228 g/mol. The number of carbonyl (C=O) groups is 1. The number of rotatable bonds is 2. The van der Waals surface area contributed by atoms with Crippen molar-refractivity contribution < 1.29 is 9.32 Å². The summed E-state index contributed by atoms with van der Waals surface area (Å²) in [5, 5.41) is 3.76. The van der Waals surface area contributed by atoms with Crippen LogP contribution in [-0.4, -0.2) is 17.6 Å². The molecule has 0 saturated carbocycles. The molecular weight excluding hydrogens is 216 g/mol. The first-order valence-electron chi connectivity index (χ1n) is 5.62. The summed E-state index contributed by atoms with van der Waals surface area (Å²) in [6, 6.07) is 9.74. The fraction of sp³-hybridized carbons (Fsp3) is 0.231. The maximum absolute atomic E-state index is 12.1. The van der Waals surface area contributed by atoms with Gasteiger partial charge in [0.15, 0.2) is 0 Å². The molecule has 0 N–H and O–H groups in total. The summed E-state index contributed by atoms with van der Waals surface area (Å²) in [5.74, 6) is 0.0730. The molecule has 0 saturated heterocycles. The van der Waals surface area contributed by atoms with Crippen LogP contribution in [0.3, 0.4) is 0 Å². The smallest absolute Gasteiger partial charge is 0.233 e. The van der Waals surface area contributed by atoms with Crippen molar-refractivity contribution in [3.63, 3.8) is 0 Å². The van der Waals surface area contributed by atoms with Crippen molar-refractivity contribution >= 4 is 11.6 Å². The normalized spacial score (nSPS) is 13.8. The van der Waals surface area contributed by atoms with Gasteiger partial charge in [0.2, 0.25) is 5.91 Å². The molecule has 2 aromatic rings. The number of fused-ring (bicyclic) bond motifs is 1. The predicted molar refractivity (Wildman–Crippen MR) is 62.7 cm³/mol. The molecule has 4 nitrogen and oxygen atoms in total. The van der Waals surface area contributed by atoms with Crippen molar-refractivity contribution in [2.24, 2.45) is 0 Å². The molecule has 1 aromatic carbocycles. The first-order valence-corrected chi connectivity index (χ1v) is 5.62. The molecule has 1 amide bonds. The lowest BCUT2D eigenvalue weighted by Gasteiger charge is -2.16. The lowest BCUT2D eigenvalue weighted by atomic mass is 10.2. The van der Waals surface area contributed by atoms with Crippen LogP contribution >= 0.6 is 0 Å². The third-order valence-corrected chi connectivity index (χ3v) is 3.01. The van der Waals surface area contributed by atoms with E-state index < -0.39 is 0 Å². The van der Waals surface area contributed by atoms with Crippen LogP contribution in [0.4, 0.5) is 5.69 Å². The zero-order valence-corrected chi connectivity index (χ0v) is 9.30. The number of hydrogen-bond acceptors (Lipinski definition) is 3. The molecule has 0 aliphatic carbocycles. The lowest BCUT2D eigenvalue weighted by molar-refractivity contribution is -0.118. The largest absolute Gasteiger partial charge is 0.364 e. The number of carbonyl (C=O) groups excluding carboxylic acids is 1. The van der Waals surface area contributed by atoms with Gasteiger partial charge < -0.3 is 9.42 Å². The molecule has 3 rings (SSSR count). The van der Waals surface area contributed by atoms with E-state index in [1.54, 1.807) is 6.07 Å². The Bertz CT molecular complexity index is 534. The van der Waals surface area contributed by atoms with E-state index in [1.807, 2.05) is 23.1 Å². The third kappa shape index (κ3) is 1.82. The Hall–Kier alpha value is -2.10. The van der Waals surface area contributed by atoms with E-state index in [0.29, 0.717) is 12.1 Å². The van der Waals surface area contributed by atoms with Crippen molar-refractivity contribution in [1.29, 1.82) is 0 Å². The van der Waals surface area contributed by atoms with E-state index >= 15 is 0 Å². The van der Waals surface area contributed by atoms with Gasteiger partial charge in [0.1, 0.15) is 6.26 Å². The standard InChI is InChI=1S/C13H12N2O2/c16-13(9-11-6-8-17-14-11)15-7-5-10-3-1-2-4-12(10)15/h1-4,6,8H,5,7,9H2. The summed E-state index contributed by atoms with van der Waals surface area (Å²) in [5.41, 5.74) is 2.95. The molecule has 0 unspecified atom stereocenters. The van der Waals surface area contributed by atoms with Crippen LogP contribution in [0.25, 0.3) is 0 Å². The molecule has 1 aliphatic rings. The number of aromatic nitrogens is 1. The maximum Gasteiger partial charge on any atom is 0.233 e. The van der Waals surface area contributed by atoms with Gasteiger partial charge in [0.25, 0.3) is 0 Å². The summed E-state index contributed by atoms with van der Waals surface area (Å²) >= 11 is 0. The summed E-state index contributed by atoms with van der Waals surface area (Å²) in [7, 11) is 0. The molecule has 86 valence electrons. The molecule has 1 aromatic heterocycles. The third-order valence-electron chi connectivity index (χ3n) is 3.01. The van der Waals surface area contributed by atoms with Crippen LogP contribution < -0.4 is 4.90 Å². The molecule has 17 heavy (non-hydrogen) atoms. The second-order valence-corrected chi connectivity index (χ2v) is 4.09. The average Bonchev–Trinajstić information content (AvgIpc) is 2.96. The number of hydrogen-bond donors (Lipinski definition) is 0. The van der Waals surface area contributed by atoms with Crippen molar-refractivity contribution in [2.75, 3.05) is 11.4 Å². The topological polar surface area (TPSA) is 46.3 Å². The Balaban J connectivity index is 1.80. The molecule has 0 bridgehead atoms. The zero-order valence-electron chi connectivity index (χ0n) is 9.30. The highest BCUT2D eigenvalue weighted by Crippen LogP contribution is 2.27. The van der Waals surface area contributed by atoms with Gasteiger partial charge in [0, 0.05) is 18.3 Å². The number of nitrogens with zero attached hydrogens (tertiary/aromatic N) is 2. The number of para-hydroxylation sites is 1. The second kappa shape index (κ2) is 4.05. The zero-order chi connectivity index (χ0) is 11.7.